The van der Waals surface area contributed by atoms with Crippen LogP contribution in [0.1, 0.15) is 36.4 Å². The van der Waals surface area contributed by atoms with E-state index in [1.807, 2.05) is 0 Å². The molecule has 0 aromatic carbocycles. The largest absolute Gasteiger partial charge is 0.469 e. The second-order valence-electron chi connectivity index (χ2n) is 4.38. The van der Waals surface area contributed by atoms with Crippen molar-refractivity contribution in [1.29, 1.82) is 0 Å². The average molecular weight is 244 g/mol. The molecule has 1 unspecified atom stereocenters. The number of hydrogen-bond acceptors (Lipinski definition) is 2. The average Bonchev–Trinajstić information content (AvgIpc) is 2.60. The van der Waals surface area contributed by atoms with E-state index in [1.165, 1.54) is 6.26 Å². The van der Waals surface area contributed by atoms with E-state index < -0.39 is 0 Å². The minimum Gasteiger partial charge on any atom is -0.469 e. The highest BCUT2D eigenvalue weighted by Crippen LogP contribution is 2.10. The first-order valence-corrected chi connectivity index (χ1v) is 5.90. The van der Waals surface area contributed by atoms with Gasteiger partial charge in [0.25, 0.3) is 5.91 Å². The van der Waals surface area contributed by atoms with Crippen LogP contribution in [-0.4, -0.2) is 17.8 Å². The van der Waals surface area contributed by atoms with Gasteiger partial charge in [-0.05, 0) is 25.3 Å². The summed E-state index contributed by atoms with van der Waals surface area (Å²) in [7, 11) is 0. The number of rotatable bonds is 5. The maximum atomic E-state index is 11.6. The second-order valence-corrected chi connectivity index (χ2v) is 5.00. The molecule has 0 aliphatic heterocycles. The number of amides is 1. The summed E-state index contributed by atoms with van der Waals surface area (Å²) >= 11 is 6.07. The van der Waals surface area contributed by atoms with Crippen molar-refractivity contribution in [2.24, 2.45) is 5.92 Å². The van der Waals surface area contributed by atoms with Crippen LogP contribution in [0, 0.1) is 12.8 Å². The van der Waals surface area contributed by atoms with Gasteiger partial charge in [0.15, 0.2) is 0 Å². The van der Waals surface area contributed by atoms with Crippen molar-refractivity contribution in [3.8, 4) is 0 Å². The number of furan rings is 1. The molecule has 0 aliphatic carbocycles. The van der Waals surface area contributed by atoms with Crippen molar-refractivity contribution in [3.63, 3.8) is 0 Å². The Morgan fingerprint density at radius 3 is 2.75 bits per heavy atom. The van der Waals surface area contributed by atoms with Gasteiger partial charge in [0.1, 0.15) is 12.0 Å². The van der Waals surface area contributed by atoms with Crippen molar-refractivity contribution in [2.45, 2.75) is 32.6 Å². The molecule has 90 valence electrons. The molecular formula is C12H18ClNO2. The van der Waals surface area contributed by atoms with Crippen molar-refractivity contribution >= 4 is 17.5 Å². The number of nitrogens with one attached hydrogen (secondary N) is 1. The van der Waals surface area contributed by atoms with E-state index in [0.29, 0.717) is 18.0 Å². The van der Waals surface area contributed by atoms with Crippen LogP contribution in [0.25, 0.3) is 0 Å². The van der Waals surface area contributed by atoms with E-state index in [4.69, 9.17) is 16.0 Å². The summed E-state index contributed by atoms with van der Waals surface area (Å²) in [5, 5.41) is 2.77. The van der Waals surface area contributed by atoms with E-state index in [0.717, 1.165) is 12.2 Å². The molecule has 1 aromatic rings. The molecule has 0 radical (unpaired) electrons. The topological polar surface area (TPSA) is 42.2 Å². The number of aryl methyl sites for hydroxylation is 1. The Morgan fingerprint density at radius 2 is 2.25 bits per heavy atom. The summed E-state index contributed by atoms with van der Waals surface area (Å²) in [5.41, 5.74) is 0.547. The molecule has 0 bridgehead atoms. The summed E-state index contributed by atoms with van der Waals surface area (Å²) in [6.45, 7) is 6.51. The molecule has 3 nitrogen and oxygen atoms in total. The second kappa shape index (κ2) is 5.94. The van der Waals surface area contributed by atoms with Gasteiger partial charge in [-0.1, -0.05) is 13.8 Å². The fourth-order valence-electron chi connectivity index (χ4n) is 1.46. The number of carbonyl (C=O) groups is 1. The molecule has 0 spiro atoms. The Labute approximate surface area is 101 Å². The highest BCUT2D eigenvalue weighted by atomic mass is 35.5. The van der Waals surface area contributed by atoms with Crippen LogP contribution in [0.5, 0.6) is 0 Å². The monoisotopic (exact) mass is 243 g/mol. The lowest BCUT2D eigenvalue weighted by atomic mass is 10.1. The molecule has 16 heavy (non-hydrogen) atoms. The van der Waals surface area contributed by atoms with E-state index in [-0.39, 0.29) is 11.3 Å². The minimum absolute atomic E-state index is 0.0167. The molecule has 1 amide bonds. The summed E-state index contributed by atoms with van der Waals surface area (Å²) in [5.74, 6) is 1.14. The zero-order valence-electron chi connectivity index (χ0n) is 9.92. The van der Waals surface area contributed by atoms with Gasteiger partial charge in [0.05, 0.1) is 10.9 Å². The first-order valence-electron chi connectivity index (χ1n) is 5.46. The van der Waals surface area contributed by atoms with Gasteiger partial charge < -0.3 is 9.73 Å². The smallest absolute Gasteiger partial charge is 0.254 e. The third kappa shape index (κ3) is 4.27. The standard InChI is InChI=1S/C12H18ClNO2/c1-8(2)4-11(13)6-14-12(15)10-5-9(3)16-7-10/h5,7-8,11H,4,6H2,1-3H3,(H,14,15). The van der Waals surface area contributed by atoms with E-state index >= 15 is 0 Å². The highest BCUT2D eigenvalue weighted by molar-refractivity contribution is 6.20. The summed E-state index contributed by atoms with van der Waals surface area (Å²) in [6.07, 6.45) is 2.35. The third-order valence-electron chi connectivity index (χ3n) is 2.20. The fraction of sp³-hybridized carbons (Fsp3) is 0.583. The summed E-state index contributed by atoms with van der Waals surface area (Å²) in [4.78, 5) is 11.6. The van der Waals surface area contributed by atoms with E-state index in [1.54, 1.807) is 13.0 Å². The van der Waals surface area contributed by atoms with Crippen LogP contribution in [0.2, 0.25) is 0 Å². The van der Waals surface area contributed by atoms with Gasteiger partial charge >= 0.3 is 0 Å². The lowest BCUT2D eigenvalue weighted by Crippen LogP contribution is -2.30. The van der Waals surface area contributed by atoms with Gasteiger partial charge in [-0.3, -0.25) is 4.79 Å². The predicted octanol–water partition coefficient (Wildman–Crippen LogP) is 2.97. The molecule has 1 atom stereocenters. The first-order chi connectivity index (χ1) is 7.49. The van der Waals surface area contributed by atoms with Gasteiger partial charge in [0.2, 0.25) is 0 Å². The Bertz CT molecular complexity index is 347. The molecule has 1 N–H and O–H groups in total. The normalized spacial score (nSPS) is 12.8. The maximum Gasteiger partial charge on any atom is 0.254 e. The lowest BCUT2D eigenvalue weighted by Gasteiger charge is -2.12. The van der Waals surface area contributed by atoms with E-state index in [2.05, 4.69) is 19.2 Å². The quantitative estimate of drug-likeness (QED) is 0.808. The van der Waals surface area contributed by atoms with Gasteiger partial charge in [-0.25, -0.2) is 0 Å². The molecule has 0 aliphatic rings. The van der Waals surface area contributed by atoms with Gasteiger partial charge in [-0.2, -0.15) is 0 Å². The predicted molar refractivity (Wildman–Crippen MR) is 64.9 cm³/mol. The Hall–Kier alpha value is -0.960. The fourth-order valence-corrected chi connectivity index (χ4v) is 1.90. The van der Waals surface area contributed by atoms with Crippen molar-refractivity contribution < 1.29 is 9.21 Å². The Kier molecular flexibility index (Phi) is 4.87. The molecule has 0 saturated heterocycles. The van der Waals surface area contributed by atoms with Gasteiger partial charge in [-0.15, -0.1) is 11.6 Å². The maximum absolute atomic E-state index is 11.6. The third-order valence-corrected chi connectivity index (χ3v) is 2.54. The minimum atomic E-state index is -0.133. The Morgan fingerprint density at radius 1 is 1.56 bits per heavy atom. The van der Waals surface area contributed by atoms with Gasteiger partial charge in [0, 0.05) is 6.54 Å². The molecule has 1 heterocycles. The summed E-state index contributed by atoms with van der Waals surface area (Å²) < 4.78 is 5.06. The molecular weight excluding hydrogens is 226 g/mol. The van der Waals surface area contributed by atoms with Crippen molar-refractivity contribution in [1.82, 2.24) is 5.32 Å². The number of alkyl halides is 1. The van der Waals surface area contributed by atoms with Crippen LogP contribution in [0.4, 0.5) is 0 Å². The zero-order chi connectivity index (χ0) is 12.1. The van der Waals surface area contributed by atoms with Crippen LogP contribution in [0.3, 0.4) is 0 Å². The van der Waals surface area contributed by atoms with Crippen LogP contribution < -0.4 is 5.32 Å². The molecule has 1 aromatic heterocycles. The summed E-state index contributed by atoms with van der Waals surface area (Å²) in [6, 6.07) is 1.71. The van der Waals surface area contributed by atoms with Crippen molar-refractivity contribution in [3.05, 3.63) is 23.7 Å². The van der Waals surface area contributed by atoms with Crippen molar-refractivity contribution in [2.75, 3.05) is 6.54 Å². The van der Waals surface area contributed by atoms with E-state index in [9.17, 15) is 4.79 Å². The number of hydrogen-bond donors (Lipinski definition) is 1. The highest BCUT2D eigenvalue weighted by Gasteiger charge is 2.12. The zero-order valence-corrected chi connectivity index (χ0v) is 10.7. The SMILES string of the molecule is Cc1cc(C(=O)NCC(Cl)CC(C)C)co1. The number of halogens is 1. The molecule has 0 fully saturated rings. The lowest BCUT2D eigenvalue weighted by molar-refractivity contribution is 0.0952. The number of carbonyl (C=O) groups excluding carboxylic acids is 1. The molecule has 0 saturated carbocycles. The molecule has 4 heteroatoms. The molecule has 1 rings (SSSR count). The van der Waals surface area contributed by atoms with Crippen LogP contribution in [-0.2, 0) is 0 Å². The van der Waals surface area contributed by atoms with Crippen LogP contribution >= 0.6 is 11.6 Å². The van der Waals surface area contributed by atoms with Crippen LogP contribution in [0.15, 0.2) is 16.7 Å². The Balaban J connectivity index is 2.35. The first kappa shape index (κ1) is 13.1.